The van der Waals surface area contributed by atoms with Gasteiger partial charge in [0.2, 0.25) is 0 Å². The second kappa shape index (κ2) is 15.0. The molecule has 0 saturated carbocycles. The lowest BCUT2D eigenvalue weighted by atomic mass is 9.94. The van der Waals surface area contributed by atoms with Gasteiger partial charge in [-0.05, 0) is 87.3 Å². The van der Waals surface area contributed by atoms with Crippen LogP contribution in [-0.4, -0.2) is 19.5 Å². The van der Waals surface area contributed by atoms with Gasteiger partial charge in [0.25, 0.3) is 0 Å². The first-order chi connectivity index (χ1) is 32.2. The fourth-order valence-electron chi connectivity index (χ4n) is 9.80. The minimum absolute atomic E-state index is 0.699. The van der Waals surface area contributed by atoms with Crippen LogP contribution in [0.2, 0.25) is 0 Å². The van der Waals surface area contributed by atoms with Crippen molar-refractivity contribution in [1.82, 2.24) is 19.5 Å². The quantitative estimate of drug-likeness (QED) is 0.157. The molecular weight excluding hydrogens is 789 g/mol. The van der Waals surface area contributed by atoms with Gasteiger partial charge in [-0.25, -0.2) is 15.0 Å². The van der Waals surface area contributed by atoms with Crippen LogP contribution in [0, 0.1) is 0 Å². The van der Waals surface area contributed by atoms with Crippen LogP contribution in [0.3, 0.4) is 0 Å². The van der Waals surface area contributed by atoms with Crippen LogP contribution < -0.4 is 0 Å². The van der Waals surface area contributed by atoms with Crippen LogP contribution in [0.5, 0.6) is 0 Å². The van der Waals surface area contributed by atoms with Gasteiger partial charge in [0.1, 0.15) is 0 Å². The summed E-state index contributed by atoms with van der Waals surface area (Å²) in [5.41, 5.74) is 13.6. The third-order valence-electron chi connectivity index (χ3n) is 12.9. The molecule has 13 rings (SSSR count). The van der Waals surface area contributed by atoms with Crippen molar-refractivity contribution in [3.05, 3.63) is 231 Å². The largest absolute Gasteiger partial charge is 0.309 e. The highest BCUT2D eigenvalue weighted by atomic mass is 15.0. The fraction of sp³-hybridized carbons (Fsp3) is 0. The van der Waals surface area contributed by atoms with E-state index in [1.165, 1.54) is 43.4 Å². The Labute approximate surface area is 375 Å². The number of hydrogen-bond donors (Lipinski definition) is 0. The molecule has 0 aliphatic heterocycles. The normalized spacial score (nSPS) is 11.7. The molecule has 3 aromatic heterocycles. The monoisotopic (exact) mass is 826 g/mol. The summed E-state index contributed by atoms with van der Waals surface area (Å²) in [5, 5.41) is 10.7. The maximum absolute atomic E-state index is 5.39. The summed E-state index contributed by atoms with van der Waals surface area (Å²) in [6.45, 7) is 0. The molecule has 0 spiro atoms. The van der Waals surface area contributed by atoms with Gasteiger partial charge in [-0.1, -0.05) is 176 Å². The molecule has 65 heavy (non-hydrogen) atoms. The van der Waals surface area contributed by atoms with E-state index in [0.29, 0.717) is 5.82 Å². The number of rotatable bonds is 6. The first-order valence-corrected chi connectivity index (χ1v) is 22.1. The number of benzene rings is 10. The van der Waals surface area contributed by atoms with Crippen molar-refractivity contribution in [2.45, 2.75) is 0 Å². The highest BCUT2D eigenvalue weighted by Gasteiger charge is 2.20. The van der Waals surface area contributed by atoms with E-state index < -0.39 is 0 Å². The molecule has 3 heterocycles. The predicted molar refractivity (Wildman–Crippen MR) is 271 cm³/mol. The highest BCUT2D eigenvalue weighted by molar-refractivity contribution is 6.29. The van der Waals surface area contributed by atoms with E-state index in [-0.39, 0.29) is 0 Å². The SMILES string of the molecule is c1ccc(-n2c3ccccc3c3c4c(ccc32)c(-c2cccc(-c3ccc(-c5cc(-c6ccc7ccccc7c6)nc(-c6ccc7ccccc7c6)n5)cc3)c2)nc2ccccc24)cc1. The van der Waals surface area contributed by atoms with Crippen molar-refractivity contribution in [3.8, 4) is 62.0 Å². The highest BCUT2D eigenvalue weighted by Crippen LogP contribution is 2.43. The van der Waals surface area contributed by atoms with Gasteiger partial charge in [-0.3, -0.25) is 0 Å². The predicted octanol–water partition coefficient (Wildman–Crippen LogP) is 15.9. The minimum atomic E-state index is 0.699. The first-order valence-electron chi connectivity index (χ1n) is 22.1. The van der Waals surface area contributed by atoms with E-state index in [4.69, 9.17) is 15.0 Å². The summed E-state index contributed by atoms with van der Waals surface area (Å²) < 4.78 is 2.39. The summed E-state index contributed by atoms with van der Waals surface area (Å²) >= 11 is 0. The molecular formula is C61H38N4. The molecule has 4 heteroatoms. The van der Waals surface area contributed by atoms with Gasteiger partial charge in [-0.15, -0.1) is 0 Å². The summed E-state index contributed by atoms with van der Waals surface area (Å²) in [7, 11) is 0. The smallest absolute Gasteiger partial charge is 0.160 e. The lowest BCUT2D eigenvalue weighted by molar-refractivity contribution is 1.18. The van der Waals surface area contributed by atoms with Crippen molar-refractivity contribution in [1.29, 1.82) is 0 Å². The second-order valence-electron chi connectivity index (χ2n) is 16.8. The van der Waals surface area contributed by atoms with Gasteiger partial charge >= 0.3 is 0 Å². The Morgan fingerprint density at radius 1 is 0.292 bits per heavy atom. The third-order valence-corrected chi connectivity index (χ3v) is 12.9. The summed E-state index contributed by atoms with van der Waals surface area (Å²) in [6.07, 6.45) is 0. The van der Waals surface area contributed by atoms with Gasteiger partial charge < -0.3 is 4.57 Å². The van der Waals surface area contributed by atoms with Crippen LogP contribution >= 0.6 is 0 Å². The van der Waals surface area contributed by atoms with Gasteiger partial charge in [-0.2, -0.15) is 0 Å². The van der Waals surface area contributed by atoms with Crippen molar-refractivity contribution in [2.24, 2.45) is 0 Å². The molecule has 0 aliphatic carbocycles. The Hall–Kier alpha value is -8.73. The Morgan fingerprint density at radius 3 is 1.68 bits per heavy atom. The molecule has 0 aliphatic rings. The lowest BCUT2D eigenvalue weighted by Gasteiger charge is -2.14. The van der Waals surface area contributed by atoms with Crippen LogP contribution in [-0.2, 0) is 0 Å². The Kier molecular flexibility index (Phi) is 8.50. The van der Waals surface area contributed by atoms with Gasteiger partial charge in [0, 0.05) is 54.9 Å². The molecule has 13 aromatic rings. The van der Waals surface area contributed by atoms with Gasteiger partial charge in [0.15, 0.2) is 5.82 Å². The van der Waals surface area contributed by atoms with E-state index in [1.54, 1.807) is 0 Å². The van der Waals surface area contributed by atoms with Crippen LogP contribution in [0.15, 0.2) is 231 Å². The average Bonchev–Trinajstić information content (AvgIpc) is 3.73. The molecule has 4 nitrogen and oxygen atoms in total. The maximum atomic E-state index is 5.39. The first kappa shape index (κ1) is 36.9. The molecule has 302 valence electrons. The minimum Gasteiger partial charge on any atom is -0.309 e. The van der Waals surface area contributed by atoms with E-state index in [1.807, 2.05) is 0 Å². The molecule has 0 radical (unpaired) electrons. The Bertz CT molecular complexity index is 3900. The summed E-state index contributed by atoms with van der Waals surface area (Å²) in [6, 6.07) is 82.1. The molecule has 0 atom stereocenters. The van der Waals surface area contributed by atoms with Crippen molar-refractivity contribution in [2.75, 3.05) is 0 Å². The number of fused-ring (bicyclic) bond motifs is 9. The lowest BCUT2D eigenvalue weighted by Crippen LogP contribution is -1.96. The van der Waals surface area contributed by atoms with E-state index in [2.05, 4.69) is 235 Å². The topological polar surface area (TPSA) is 43.6 Å². The number of aromatic nitrogens is 4. The van der Waals surface area contributed by atoms with Gasteiger partial charge in [0.05, 0.1) is 33.6 Å². The van der Waals surface area contributed by atoms with Crippen LogP contribution in [0.4, 0.5) is 0 Å². The number of pyridine rings is 1. The number of para-hydroxylation sites is 3. The molecule has 0 fully saturated rings. The van der Waals surface area contributed by atoms with E-state index in [0.717, 1.165) is 77.8 Å². The van der Waals surface area contributed by atoms with Crippen molar-refractivity contribution >= 4 is 65.0 Å². The van der Waals surface area contributed by atoms with E-state index in [9.17, 15) is 0 Å². The molecule has 0 unspecified atom stereocenters. The zero-order chi connectivity index (χ0) is 42.8. The molecule has 0 saturated heterocycles. The summed E-state index contributed by atoms with van der Waals surface area (Å²) in [4.78, 5) is 15.8. The van der Waals surface area contributed by atoms with Crippen LogP contribution in [0.1, 0.15) is 0 Å². The number of hydrogen-bond acceptors (Lipinski definition) is 3. The van der Waals surface area contributed by atoms with Crippen LogP contribution in [0.25, 0.3) is 127 Å². The average molecular weight is 827 g/mol. The molecule has 0 N–H and O–H groups in total. The fourth-order valence-corrected chi connectivity index (χ4v) is 9.80. The standard InChI is InChI=1S/C61H38N4/c1-2-19-49(20-3-1)65-56-24-11-9-22-51(56)59-57(65)34-33-52-58(59)50-21-8-10-23-53(50)62-60(52)47-18-12-17-45(36-47)41-25-29-42(30-26-41)54-38-55(46-31-27-39-13-4-6-15-43(39)35-46)64-61(63-54)48-32-28-40-14-5-7-16-44(40)37-48/h1-38H. The van der Waals surface area contributed by atoms with E-state index >= 15 is 0 Å². The molecule has 0 amide bonds. The third kappa shape index (κ3) is 6.26. The molecule has 10 aromatic carbocycles. The number of nitrogens with zero attached hydrogens (tertiary/aromatic N) is 4. The zero-order valence-electron chi connectivity index (χ0n) is 35.2. The Balaban J connectivity index is 0.925. The summed E-state index contributed by atoms with van der Waals surface area (Å²) in [5.74, 6) is 0.699. The Morgan fingerprint density at radius 2 is 0.892 bits per heavy atom. The molecule has 0 bridgehead atoms. The zero-order valence-corrected chi connectivity index (χ0v) is 35.2. The second-order valence-corrected chi connectivity index (χ2v) is 16.8. The maximum Gasteiger partial charge on any atom is 0.160 e. The van der Waals surface area contributed by atoms with Crippen molar-refractivity contribution < 1.29 is 0 Å². The van der Waals surface area contributed by atoms with Crippen molar-refractivity contribution in [3.63, 3.8) is 0 Å².